The van der Waals surface area contributed by atoms with E-state index in [2.05, 4.69) is 42.4 Å². The highest BCUT2D eigenvalue weighted by atomic mass is 19.1. The molecule has 512 valence electrons. The minimum atomic E-state index is -1.69. The van der Waals surface area contributed by atoms with E-state index in [1.165, 1.54) is 11.0 Å². The molecule has 4 aromatic carbocycles. The number of benzene rings is 4. The standard InChI is InChI=1S/C66H87FN14O14/c1-43(2)33-54(63(92)74-66(64(93)72-53(61(68)90)35-48-37-71-52-11-6-4-9-49(48)52)19-22-81(23-20-66)57(83)38-69-36-45-14-13-44(3)51(67)34-45)73-65(94)76-75-62(91)47-17-15-46(16-18-47)50-10-5-7-12-55(50)95-32-8-21-70-56(82)39-77-24-26-78(40-58(84)85)28-30-80(42-60(88)89)31-29-79(27-25-77)41-59(86)87/h4-7,9-18,34,37,43,53-54,69,71H,8,19-33,35-36,38-42H2,1-3H3,(H2,68,90)(H,70,82)(H,72,93)(H,74,92)(H,75,91)(H,84,85)(H,86,87)(H,88,89)(H2,73,76,94)/t53-,54-/m0/s1. The Hall–Kier alpha value is -9.55. The summed E-state index contributed by atoms with van der Waals surface area (Å²) in [4.78, 5) is 142. The Morgan fingerprint density at radius 2 is 1.28 bits per heavy atom. The van der Waals surface area contributed by atoms with Crippen molar-refractivity contribution in [3.63, 3.8) is 0 Å². The van der Waals surface area contributed by atoms with Crippen LogP contribution in [0.1, 0.15) is 66.6 Å². The van der Waals surface area contributed by atoms with Gasteiger partial charge in [-0.05, 0) is 91.1 Å². The number of aliphatic carboxylic acids is 3. The number of primary amides is 1. The van der Waals surface area contributed by atoms with E-state index in [9.17, 15) is 67.7 Å². The van der Waals surface area contributed by atoms with Crippen LogP contribution in [0.5, 0.6) is 5.75 Å². The van der Waals surface area contributed by atoms with Crippen molar-refractivity contribution in [1.29, 1.82) is 0 Å². The third-order valence-corrected chi connectivity index (χ3v) is 16.6. The number of hydrogen-bond acceptors (Lipinski definition) is 16. The lowest BCUT2D eigenvalue weighted by Crippen LogP contribution is -2.68. The van der Waals surface area contributed by atoms with Gasteiger partial charge in [0.1, 0.15) is 29.2 Å². The molecule has 0 bridgehead atoms. The molecular formula is C66H87FN14O14. The fourth-order valence-electron chi connectivity index (χ4n) is 11.3. The second-order valence-electron chi connectivity index (χ2n) is 24.3. The Morgan fingerprint density at radius 3 is 1.87 bits per heavy atom. The van der Waals surface area contributed by atoms with Crippen molar-refractivity contribution in [2.75, 3.05) is 111 Å². The molecule has 0 unspecified atom stereocenters. The van der Waals surface area contributed by atoms with Gasteiger partial charge in [0, 0.05) is 113 Å². The summed E-state index contributed by atoms with van der Waals surface area (Å²) >= 11 is 0. The first-order valence-corrected chi connectivity index (χ1v) is 31.7. The van der Waals surface area contributed by atoms with Gasteiger partial charge in [-0.1, -0.05) is 74.5 Å². The number of carboxylic acids is 3. The van der Waals surface area contributed by atoms with E-state index in [-0.39, 0.29) is 160 Å². The third-order valence-electron chi connectivity index (χ3n) is 16.6. The molecule has 2 aliphatic heterocycles. The number of hydrazine groups is 1. The molecule has 95 heavy (non-hydrogen) atoms. The molecule has 1 aromatic heterocycles. The third kappa shape index (κ3) is 22.9. The average molecular weight is 1320 g/mol. The first kappa shape index (κ1) is 72.9. The predicted octanol–water partition coefficient (Wildman–Crippen LogP) is 1.48. The summed E-state index contributed by atoms with van der Waals surface area (Å²) in [6, 6.07) is 22.5. The molecular weight excluding hydrogens is 1230 g/mol. The molecule has 0 spiro atoms. The molecule has 7 rings (SSSR count). The number of likely N-dealkylation sites (tertiary alicyclic amines) is 1. The fourth-order valence-corrected chi connectivity index (χ4v) is 11.3. The van der Waals surface area contributed by atoms with Gasteiger partial charge in [-0.15, -0.1) is 0 Å². The number of aromatic nitrogens is 1. The molecule has 2 atom stereocenters. The fraction of sp³-hybridized carbons (Fsp3) is 0.455. The number of H-pyrrole nitrogens is 1. The van der Waals surface area contributed by atoms with Crippen molar-refractivity contribution < 1.29 is 72.4 Å². The summed E-state index contributed by atoms with van der Waals surface area (Å²) in [5, 5.41) is 43.6. The van der Waals surface area contributed by atoms with E-state index in [4.69, 9.17) is 10.5 Å². The van der Waals surface area contributed by atoms with Crippen LogP contribution in [-0.2, 0) is 51.3 Å². The Morgan fingerprint density at radius 1 is 0.695 bits per heavy atom. The predicted molar refractivity (Wildman–Crippen MR) is 349 cm³/mol. The number of para-hydroxylation sites is 2. The molecule has 0 aliphatic carbocycles. The number of piperidine rings is 1. The molecule has 0 radical (unpaired) electrons. The number of hydrogen-bond donors (Lipinski definition) is 12. The number of amides is 8. The van der Waals surface area contributed by atoms with Crippen molar-refractivity contribution in [3.8, 4) is 16.9 Å². The van der Waals surface area contributed by atoms with Crippen LogP contribution in [-0.4, -0.2) is 233 Å². The molecule has 29 heteroatoms. The van der Waals surface area contributed by atoms with Crippen LogP contribution < -0.4 is 47.9 Å². The monoisotopic (exact) mass is 1320 g/mol. The van der Waals surface area contributed by atoms with Crippen molar-refractivity contribution in [3.05, 3.63) is 125 Å². The molecule has 28 nitrogen and oxygen atoms in total. The molecule has 13 N–H and O–H groups in total. The normalized spacial score (nSPS) is 15.9. The Balaban J connectivity index is 0.917. The number of aryl methyl sites for hydroxylation is 1. The van der Waals surface area contributed by atoms with Crippen LogP contribution in [0.25, 0.3) is 22.0 Å². The summed E-state index contributed by atoms with van der Waals surface area (Å²) in [6.07, 6.45) is 2.10. The zero-order chi connectivity index (χ0) is 68.6. The summed E-state index contributed by atoms with van der Waals surface area (Å²) in [7, 11) is 0. The first-order chi connectivity index (χ1) is 45.4. The number of fused-ring (bicyclic) bond motifs is 1. The van der Waals surface area contributed by atoms with Gasteiger partial charge in [-0.2, -0.15) is 0 Å². The highest BCUT2D eigenvalue weighted by molar-refractivity contribution is 5.98. The number of nitrogens with two attached hydrogens (primary N) is 1. The maximum absolute atomic E-state index is 14.7. The Kier molecular flexibility index (Phi) is 27.3. The van der Waals surface area contributed by atoms with E-state index in [1.807, 2.05) is 55.1 Å². The number of carbonyl (C=O) groups is 10. The number of nitrogens with zero attached hydrogens (tertiary/aromatic N) is 5. The minimum Gasteiger partial charge on any atom is -0.493 e. The van der Waals surface area contributed by atoms with E-state index in [0.29, 0.717) is 53.1 Å². The van der Waals surface area contributed by atoms with Crippen LogP contribution in [0.15, 0.2) is 97.2 Å². The largest absolute Gasteiger partial charge is 0.493 e. The number of ether oxygens (including phenoxy) is 1. The number of rotatable bonds is 29. The Bertz CT molecular complexity index is 3460. The second-order valence-corrected chi connectivity index (χ2v) is 24.3. The summed E-state index contributed by atoms with van der Waals surface area (Å²) in [5.41, 5.74) is 13.1. The van der Waals surface area contributed by atoms with E-state index in [0.717, 1.165) is 10.9 Å². The van der Waals surface area contributed by atoms with Gasteiger partial charge in [-0.25, -0.2) is 14.6 Å². The summed E-state index contributed by atoms with van der Waals surface area (Å²) in [5.74, 6) is -6.74. The molecule has 0 saturated carbocycles. The zero-order valence-electron chi connectivity index (χ0n) is 53.8. The van der Waals surface area contributed by atoms with Gasteiger partial charge in [0.15, 0.2) is 0 Å². The van der Waals surface area contributed by atoms with E-state index in [1.54, 1.807) is 76.4 Å². The topological polar surface area (TPSA) is 383 Å². The minimum absolute atomic E-state index is 0.0181. The number of halogens is 1. The number of carboxylic acid groups (broad SMARTS) is 3. The zero-order valence-corrected chi connectivity index (χ0v) is 53.8. The molecule has 3 heterocycles. The van der Waals surface area contributed by atoms with Crippen molar-refractivity contribution in [1.82, 2.24) is 66.9 Å². The smallest absolute Gasteiger partial charge is 0.334 e. The summed E-state index contributed by atoms with van der Waals surface area (Å²) in [6.45, 7) is 7.19. The van der Waals surface area contributed by atoms with Crippen molar-refractivity contribution >= 4 is 70.3 Å². The summed E-state index contributed by atoms with van der Waals surface area (Å²) < 4.78 is 20.4. The van der Waals surface area contributed by atoms with E-state index >= 15 is 0 Å². The van der Waals surface area contributed by atoms with Crippen LogP contribution in [0.4, 0.5) is 9.18 Å². The maximum atomic E-state index is 14.7. The number of carbonyl (C=O) groups excluding carboxylic acids is 7. The molecule has 2 aliphatic rings. The number of nitrogens with one attached hydrogen (secondary N) is 8. The van der Waals surface area contributed by atoms with Gasteiger partial charge in [0.05, 0.1) is 39.3 Å². The molecule has 5 aromatic rings. The van der Waals surface area contributed by atoms with Crippen LogP contribution >= 0.6 is 0 Å². The molecule has 8 amide bonds. The van der Waals surface area contributed by atoms with Crippen molar-refractivity contribution in [2.45, 2.75) is 77.0 Å². The SMILES string of the molecule is Cc1ccc(CNCC(=O)N2CCC(NC(=O)[C@H](CC(C)C)NC(=O)NNC(=O)c3ccc(-c4ccccc4OCCCNC(=O)CN4CCN(CC(=O)O)CCN(CC(=O)O)CCN(CC(=O)O)CC4)cc3)(C(=O)N[C@@H](Cc3c[nH]c4ccccc34)C(N)=O)CC2)cc1F. The number of urea groups is 1. The van der Waals surface area contributed by atoms with Crippen LogP contribution in [0.3, 0.4) is 0 Å². The van der Waals surface area contributed by atoms with E-state index < -0.39 is 65.2 Å². The Labute approximate surface area is 549 Å². The lowest BCUT2D eigenvalue weighted by Gasteiger charge is -2.42. The van der Waals surface area contributed by atoms with Gasteiger partial charge in [0.25, 0.3) is 5.91 Å². The lowest BCUT2D eigenvalue weighted by molar-refractivity contribution is -0.141. The first-order valence-electron chi connectivity index (χ1n) is 31.7. The average Bonchev–Trinajstić information content (AvgIpc) is 1.32. The highest BCUT2D eigenvalue weighted by Gasteiger charge is 2.46. The molecule has 2 fully saturated rings. The second kappa shape index (κ2) is 35.6. The quantitative estimate of drug-likeness (QED) is 0.0238. The van der Waals surface area contributed by atoms with Gasteiger partial charge < -0.3 is 62.3 Å². The van der Waals surface area contributed by atoms with Gasteiger partial charge in [-0.3, -0.25) is 68.2 Å². The highest BCUT2D eigenvalue weighted by Crippen LogP contribution is 2.31. The van der Waals surface area contributed by atoms with Gasteiger partial charge in [0.2, 0.25) is 29.5 Å². The number of aromatic amines is 1. The van der Waals surface area contributed by atoms with Crippen LogP contribution in [0.2, 0.25) is 0 Å². The lowest BCUT2D eigenvalue weighted by atomic mass is 9.85. The maximum Gasteiger partial charge on any atom is 0.334 e. The molecule has 2 saturated heterocycles. The van der Waals surface area contributed by atoms with Crippen molar-refractivity contribution in [2.24, 2.45) is 11.7 Å². The van der Waals surface area contributed by atoms with Crippen LogP contribution in [0, 0.1) is 18.7 Å². The van der Waals surface area contributed by atoms with Gasteiger partial charge >= 0.3 is 23.9 Å².